The van der Waals surface area contributed by atoms with E-state index in [1.165, 1.54) is 34.0 Å². The van der Waals surface area contributed by atoms with Gasteiger partial charge in [0.1, 0.15) is 5.40 Å². The minimum absolute atomic E-state index is 0.0418. The number of nitriles is 1. The highest BCUT2D eigenvalue weighted by atomic mass is 32.2. The number of hydrogen-bond donors (Lipinski definition) is 1. The van der Waals surface area contributed by atoms with Gasteiger partial charge in [0.2, 0.25) is 0 Å². The van der Waals surface area contributed by atoms with E-state index in [4.69, 9.17) is 16.7 Å². The van der Waals surface area contributed by atoms with E-state index in [9.17, 15) is 0 Å². The summed E-state index contributed by atoms with van der Waals surface area (Å²) in [5.74, 6) is 0. The molecule has 0 amide bonds. The van der Waals surface area contributed by atoms with E-state index >= 15 is 0 Å². The first-order valence-electron chi connectivity index (χ1n) is 13.2. The Labute approximate surface area is 234 Å². The van der Waals surface area contributed by atoms with Gasteiger partial charge in [-0.25, -0.2) is 0 Å². The van der Waals surface area contributed by atoms with Gasteiger partial charge in [-0.15, -0.1) is 0 Å². The lowest BCUT2D eigenvalue weighted by Crippen LogP contribution is -2.15. The molecule has 0 bridgehead atoms. The molecule has 0 fully saturated rings. The van der Waals surface area contributed by atoms with Gasteiger partial charge in [0.15, 0.2) is 0 Å². The average molecular weight is 522 g/mol. The highest BCUT2D eigenvalue weighted by Gasteiger charge is 2.23. The highest BCUT2D eigenvalue weighted by Crippen LogP contribution is 2.35. The number of rotatable bonds is 8. The number of thiocyanates is 1. The number of nitrogens with zero attached hydrogens (tertiary/aromatic N) is 2. The number of aromatic nitrogens is 1. The zero-order valence-electron chi connectivity index (χ0n) is 23.5. The highest BCUT2D eigenvalue weighted by molar-refractivity contribution is 8.04. The van der Waals surface area contributed by atoms with Crippen LogP contribution in [0, 0.1) is 37.0 Å². The van der Waals surface area contributed by atoms with Crippen LogP contribution in [0.25, 0.3) is 5.70 Å². The zero-order valence-corrected chi connectivity index (χ0v) is 24.3. The monoisotopic (exact) mass is 521 g/mol. The third-order valence-electron chi connectivity index (χ3n) is 6.37. The maximum Gasteiger partial charge on any atom is 0.134 e. The molecule has 0 saturated heterocycles. The smallest absolute Gasteiger partial charge is 0.134 e. The molecule has 1 atom stereocenters. The van der Waals surface area contributed by atoms with Gasteiger partial charge in [0.05, 0.1) is 16.6 Å². The molecule has 38 heavy (non-hydrogen) atoms. The summed E-state index contributed by atoms with van der Waals surface area (Å²) in [7, 11) is 0. The summed E-state index contributed by atoms with van der Waals surface area (Å²) in [6.45, 7) is 12.2. The number of nitrogens with one attached hydrogen (secondary N) is 1. The first kappa shape index (κ1) is 30.5. The Morgan fingerprint density at radius 2 is 1.95 bits per heavy atom. The Morgan fingerprint density at radius 3 is 2.63 bits per heavy atom. The van der Waals surface area contributed by atoms with Gasteiger partial charge in [-0.05, 0) is 86.6 Å². The maximum absolute atomic E-state index is 9.11. The molecule has 0 radical (unpaired) electrons. The van der Waals surface area contributed by atoms with Gasteiger partial charge in [-0.1, -0.05) is 93.2 Å². The summed E-state index contributed by atoms with van der Waals surface area (Å²) in [6.07, 6.45) is 33.5. The summed E-state index contributed by atoms with van der Waals surface area (Å²) in [4.78, 5) is 5.05. The first-order chi connectivity index (χ1) is 18.5. The molecule has 0 aromatic carbocycles. The number of pyridine rings is 1. The molecule has 0 spiro atoms. The lowest BCUT2D eigenvalue weighted by Gasteiger charge is -2.20. The van der Waals surface area contributed by atoms with Crippen LogP contribution in [0.3, 0.4) is 0 Å². The van der Waals surface area contributed by atoms with Crippen molar-refractivity contribution in [2.75, 3.05) is 0 Å². The van der Waals surface area contributed by atoms with Crippen LogP contribution >= 0.6 is 11.8 Å². The van der Waals surface area contributed by atoms with Crippen LogP contribution in [0.2, 0.25) is 0 Å². The Bertz CT molecular complexity index is 1310. The van der Waals surface area contributed by atoms with Gasteiger partial charge in [0, 0.05) is 17.3 Å². The molecule has 1 N–H and O–H groups in total. The number of allylic oxidation sites excluding steroid dienone is 13. The van der Waals surface area contributed by atoms with Gasteiger partial charge in [-0.3, -0.25) is 4.98 Å². The fourth-order valence-corrected chi connectivity index (χ4v) is 5.09. The van der Waals surface area contributed by atoms with E-state index in [2.05, 4.69) is 98.3 Å². The van der Waals surface area contributed by atoms with E-state index in [-0.39, 0.29) is 5.25 Å². The zero-order chi connectivity index (χ0) is 27.9. The topological polar surface area (TPSA) is 48.7 Å². The molecular formula is C34H39N3S. The summed E-state index contributed by atoms with van der Waals surface area (Å²) in [5, 5.41) is 14.6. The summed E-state index contributed by atoms with van der Waals surface area (Å²) in [5.41, 5.74) is 9.86. The lowest BCUT2D eigenvalue weighted by molar-refractivity contribution is 0.998. The second-order valence-corrected chi connectivity index (χ2v) is 9.50. The second-order valence-electron chi connectivity index (χ2n) is 8.54. The molecule has 0 aliphatic heterocycles. The second kappa shape index (κ2) is 16.2. The minimum atomic E-state index is 0.0418. The van der Waals surface area contributed by atoms with Crippen molar-refractivity contribution in [3.63, 3.8) is 0 Å². The number of terminal acetylenes is 1. The van der Waals surface area contributed by atoms with Crippen molar-refractivity contribution >= 4 is 17.5 Å². The fraction of sp³-hybridized carbons (Fsp3) is 0.294. The summed E-state index contributed by atoms with van der Waals surface area (Å²) >= 11 is 1.25. The van der Waals surface area contributed by atoms with Gasteiger partial charge in [0.25, 0.3) is 0 Å². The molecule has 4 heteroatoms. The predicted octanol–water partition coefficient (Wildman–Crippen LogP) is 8.37. The van der Waals surface area contributed by atoms with Crippen molar-refractivity contribution < 1.29 is 0 Å². The van der Waals surface area contributed by atoms with E-state index in [0.717, 1.165) is 47.5 Å². The van der Waals surface area contributed by atoms with Crippen molar-refractivity contribution in [1.82, 2.24) is 10.3 Å². The van der Waals surface area contributed by atoms with E-state index < -0.39 is 0 Å². The molecule has 1 heterocycles. The first-order valence-corrected chi connectivity index (χ1v) is 14.1. The number of thioether (sulfide) groups is 1. The third kappa shape index (κ3) is 7.64. The van der Waals surface area contributed by atoms with Gasteiger partial charge < -0.3 is 5.32 Å². The van der Waals surface area contributed by atoms with Crippen molar-refractivity contribution in [3.8, 4) is 17.9 Å². The summed E-state index contributed by atoms with van der Waals surface area (Å²) in [6, 6.07) is 2.66. The Balaban J connectivity index is 0.00000247. The van der Waals surface area contributed by atoms with Crippen LogP contribution in [0.15, 0.2) is 89.6 Å². The Kier molecular flexibility index (Phi) is 13.0. The van der Waals surface area contributed by atoms with E-state index in [0.29, 0.717) is 0 Å². The van der Waals surface area contributed by atoms with Crippen LogP contribution in [0.4, 0.5) is 0 Å². The molecule has 1 unspecified atom stereocenters. The fourth-order valence-electron chi connectivity index (χ4n) is 4.54. The minimum Gasteiger partial charge on any atom is -0.313 e. The Morgan fingerprint density at radius 1 is 1.16 bits per heavy atom. The normalized spacial score (nSPS) is 15.7. The quantitative estimate of drug-likeness (QED) is 0.162. The van der Waals surface area contributed by atoms with Crippen LogP contribution in [0.5, 0.6) is 0 Å². The molecular weight excluding hydrogens is 482 g/mol. The largest absolute Gasteiger partial charge is 0.313 e. The number of hydrogen-bond acceptors (Lipinski definition) is 4. The van der Waals surface area contributed by atoms with Crippen LogP contribution in [-0.4, -0.2) is 10.2 Å². The average Bonchev–Trinajstić information content (AvgIpc) is 3.29. The number of fused-ring (bicyclic) bond motifs is 1. The molecule has 0 saturated carbocycles. The Hall–Kier alpha value is -3.73. The van der Waals surface area contributed by atoms with E-state index in [1.54, 1.807) is 0 Å². The predicted molar refractivity (Wildman–Crippen MR) is 166 cm³/mol. The molecule has 3 nitrogen and oxygen atoms in total. The van der Waals surface area contributed by atoms with Crippen molar-refractivity contribution in [2.45, 2.75) is 66.1 Å². The van der Waals surface area contributed by atoms with Crippen LogP contribution in [-0.2, 0) is 12.8 Å². The van der Waals surface area contributed by atoms with Crippen molar-refractivity contribution in [2.24, 2.45) is 0 Å². The standard InChI is InChI=1S/C32H33N3S.C2H6/c1-6-15-26(36-22-33)18-13-19-28-23(4)24(5)35-32-30(28)21-14-20-29(31(32)34-8-3)27(7-2)25-16-11-9-10-12-17-25;1-2/h3,6-7,9-16,18,20,26,34H,17,19,21H2,1-2,4-5H3;1-2H3/b15-6?,18-13-,27-7-;. The maximum atomic E-state index is 9.11. The molecule has 3 rings (SSSR count). The molecule has 1 aromatic heterocycles. The van der Waals surface area contributed by atoms with Crippen LogP contribution < -0.4 is 5.32 Å². The molecule has 196 valence electrons. The lowest BCUT2D eigenvalue weighted by atomic mass is 9.91. The number of aryl methyl sites for hydroxylation is 1. The van der Waals surface area contributed by atoms with Gasteiger partial charge >= 0.3 is 0 Å². The third-order valence-corrected chi connectivity index (χ3v) is 7.06. The van der Waals surface area contributed by atoms with E-state index in [1.807, 2.05) is 32.9 Å². The van der Waals surface area contributed by atoms with Crippen molar-refractivity contribution in [3.05, 3.63) is 118 Å². The SMILES string of the molecule is C#CNC1=C(/C(=C\C)C2=CC=CC=CC2)C=CCc2c1nc(C)c(C)c2C/C=C\C(C=CC)SC#N.CC. The van der Waals surface area contributed by atoms with Gasteiger partial charge in [-0.2, -0.15) is 5.26 Å². The molecule has 2 aliphatic rings. The van der Waals surface area contributed by atoms with Crippen LogP contribution in [0.1, 0.15) is 62.2 Å². The van der Waals surface area contributed by atoms with Crippen molar-refractivity contribution in [1.29, 1.82) is 5.26 Å². The summed E-state index contributed by atoms with van der Waals surface area (Å²) < 4.78 is 0. The molecule has 2 aliphatic carbocycles. The molecule has 1 aromatic rings.